The minimum absolute atomic E-state index is 0.202. The van der Waals surface area contributed by atoms with E-state index < -0.39 is 0 Å². The number of ether oxygens (including phenoxy) is 2. The molecule has 1 aliphatic rings. The molecule has 0 aliphatic heterocycles. The van der Waals surface area contributed by atoms with Crippen molar-refractivity contribution in [2.24, 2.45) is 0 Å². The third-order valence-electron chi connectivity index (χ3n) is 3.61. The maximum Gasteiger partial charge on any atom is 0.129 e. The van der Waals surface area contributed by atoms with Crippen LogP contribution >= 0.6 is 0 Å². The zero-order valence-corrected chi connectivity index (χ0v) is 12.8. The van der Waals surface area contributed by atoms with Gasteiger partial charge in [-0.05, 0) is 25.3 Å². The summed E-state index contributed by atoms with van der Waals surface area (Å²) in [6, 6.07) is 7.43. The lowest BCUT2D eigenvalue weighted by Gasteiger charge is -2.19. The molecule has 0 aromatic heterocycles. The first-order chi connectivity index (χ1) is 10.3. The van der Waals surface area contributed by atoms with Crippen molar-refractivity contribution in [3.63, 3.8) is 0 Å². The van der Waals surface area contributed by atoms with E-state index in [9.17, 15) is 4.39 Å². The van der Waals surface area contributed by atoms with Crippen molar-refractivity contribution in [2.45, 2.75) is 44.8 Å². The van der Waals surface area contributed by atoms with Crippen LogP contribution in [0.5, 0.6) is 0 Å². The van der Waals surface area contributed by atoms with Crippen LogP contribution in [0.15, 0.2) is 24.3 Å². The van der Waals surface area contributed by atoms with Crippen molar-refractivity contribution in [2.75, 3.05) is 26.4 Å². The Balaban J connectivity index is 1.79. The van der Waals surface area contributed by atoms with Crippen molar-refractivity contribution in [1.82, 2.24) is 5.32 Å². The van der Waals surface area contributed by atoms with E-state index in [1.165, 1.54) is 18.9 Å². The second kappa shape index (κ2) is 9.13. The minimum Gasteiger partial charge on any atom is -0.379 e. The number of benzene rings is 1. The molecule has 1 unspecified atom stereocenters. The first kappa shape index (κ1) is 16.4. The van der Waals surface area contributed by atoms with Crippen LogP contribution in [0, 0.1) is 5.82 Å². The van der Waals surface area contributed by atoms with Crippen LogP contribution in [-0.2, 0) is 9.47 Å². The van der Waals surface area contributed by atoms with E-state index in [4.69, 9.17) is 9.47 Å². The van der Waals surface area contributed by atoms with Crippen LogP contribution in [-0.4, -0.2) is 32.4 Å². The average molecular weight is 295 g/mol. The van der Waals surface area contributed by atoms with Gasteiger partial charge in [-0.15, -0.1) is 0 Å². The number of nitrogens with one attached hydrogen (secondary N) is 1. The number of rotatable bonds is 11. The Morgan fingerprint density at radius 3 is 2.76 bits per heavy atom. The molecule has 2 rings (SSSR count). The van der Waals surface area contributed by atoms with Crippen molar-refractivity contribution in [3.05, 3.63) is 35.6 Å². The Bertz CT molecular complexity index is 410. The predicted molar refractivity (Wildman–Crippen MR) is 81.8 cm³/mol. The quantitative estimate of drug-likeness (QED) is 0.634. The summed E-state index contributed by atoms with van der Waals surface area (Å²) in [5.74, 6) is -0.202. The van der Waals surface area contributed by atoms with Gasteiger partial charge in [0.15, 0.2) is 0 Å². The van der Waals surface area contributed by atoms with Crippen LogP contribution in [0.1, 0.15) is 44.3 Å². The average Bonchev–Trinajstić information content (AvgIpc) is 3.31. The van der Waals surface area contributed by atoms with Crippen LogP contribution in [0.25, 0.3) is 0 Å². The highest BCUT2D eigenvalue weighted by atomic mass is 19.1. The first-order valence-corrected chi connectivity index (χ1v) is 7.98. The van der Waals surface area contributed by atoms with Gasteiger partial charge in [0.25, 0.3) is 0 Å². The van der Waals surface area contributed by atoms with Gasteiger partial charge in [-0.2, -0.15) is 0 Å². The van der Waals surface area contributed by atoms with E-state index in [0.29, 0.717) is 31.4 Å². The highest BCUT2D eigenvalue weighted by molar-refractivity contribution is 5.20. The molecule has 0 spiro atoms. The standard InChI is InChI=1S/C17H26FNO2/c1-2-3-10-20-11-12-21-17(13-19-14-8-9-14)15-6-4-5-7-16(15)18/h4-7,14,17,19H,2-3,8-13H2,1H3. The number of unbranched alkanes of at least 4 members (excludes halogenated alkanes) is 1. The van der Waals surface area contributed by atoms with Crippen LogP contribution in [0.2, 0.25) is 0 Å². The normalized spacial score (nSPS) is 16.1. The molecule has 1 saturated carbocycles. The molecule has 1 fully saturated rings. The smallest absolute Gasteiger partial charge is 0.129 e. The molecule has 0 heterocycles. The van der Waals surface area contributed by atoms with E-state index in [2.05, 4.69) is 12.2 Å². The summed E-state index contributed by atoms with van der Waals surface area (Å²) in [6.07, 6.45) is 4.37. The molecule has 21 heavy (non-hydrogen) atoms. The number of halogens is 1. The maximum absolute atomic E-state index is 13.9. The van der Waals surface area contributed by atoms with Crippen LogP contribution < -0.4 is 5.32 Å². The highest BCUT2D eigenvalue weighted by Crippen LogP contribution is 2.23. The molecule has 1 atom stereocenters. The summed E-state index contributed by atoms with van der Waals surface area (Å²) < 4.78 is 25.2. The Morgan fingerprint density at radius 1 is 1.24 bits per heavy atom. The largest absolute Gasteiger partial charge is 0.379 e. The van der Waals surface area contributed by atoms with E-state index >= 15 is 0 Å². The summed E-state index contributed by atoms with van der Waals surface area (Å²) in [5.41, 5.74) is 0.624. The summed E-state index contributed by atoms with van der Waals surface area (Å²) in [5, 5.41) is 3.41. The maximum atomic E-state index is 13.9. The predicted octanol–water partition coefficient (Wildman–Crippen LogP) is 3.45. The summed E-state index contributed by atoms with van der Waals surface area (Å²) in [4.78, 5) is 0. The first-order valence-electron chi connectivity index (χ1n) is 7.98. The molecule has 3 nitrogen and oxygen atoms in total. The lowest BCUT2D eigenvalue weighted by atomic mass is 10.1. The molecule has 1 aliphatic carbocycles. The molecule has 0 saturated heterocycles. The van der Waals surface area contributed by atoms with E-state index in [-0.39, 0.29) is 11.9 Å². The summed E-state index contributed by atoms with van der Waals surface area (Å²) >= 11 is 0. The molecule has 0 radical (unpaired) electrons. The summed E-state index contributed by atoms with van der Waals surface area (Å²) in [7, 11) is 0. The van der Waals surface area contributed by atoms with Gasteiger partial charge in [-0.3, -0.25) is 0 Å². The topological polar surface area (TPSA) is 30.5 Å². The SMILES string of the molecule is CCCCOCCOC(CNC1CC1)c1ccccc1F. The lowest BCUT2D eigenvalue weighted by Crippen LogP contribution is -2.26. The number of hydrogen-bond acceptors (Lipinski definition) is 3. The zero-order chi connectivity index (χ0) is 14.9. The van der Waals surface area contributed by atoms with Crippen molar-refractivity contribution >= 4 is 0 Å². The Kier molecular flexibility index (Phi) is 7.13. The van der Waals surface area contributed by atoms with Gasteiger partial charge < -0.3 is 14.8 Å². The summed E-state index contributed by atoms with van der Waals surface area (Å²) in [6.45, 7) is 4.62. The zero-order valence-electron chi connectivity index (χ0n) is 12.8. The minimum atomic E-state index is -0.249. The Labute approximate surface area is 126 Å². The molecule has 1 aromatic rings. The second-order valence-electron chi connectivity index (χ2n) is 5.53. The monoisotopic (exact) mass is 295 g/mol. The Morgan fingerprint density at radius 2 is 2.05 bits per heavy atom. The van der Waals surface area contributed by atoms with Crippen molar-refractivity contribution in [1.29, 1.82) is 0 Å². The Hall–Kier alpha value is -0.970. The van der Waals surface area contributed by atoms with Crippen LogP contribution in [0.4, 0.5) is 4.39 Å². The van der Waals surface area contributed by atoms with E-state index in [1.54, 1.807) is 12.1 Å². The fourth-order valence-electron chi connectivity index (χ4n) is 2.15. The van der Waals surface area contributed by atoms with Gasteiger partial charge in [0.05, 0.1) is 19.3 Å². The third kappa shape index (κ3) is 6.12. The molecule has 1 aromatic carbocycles. The highest BCUT2D eigenvalue weighted by Gasteiger charge is 2.23. The van der Waals surface area contributed by atoms with Crippen LogP contribution in [0.3, 0.4) is 0 Å². The van der Waals surface area contributed by atoms with Crippen molar-refractivity contribution < 1.29 is 13.9 Å². The molecule has 0 bridgehead atoms. The van der Waals surface area contributed by atoms with Gasteiger partial charge in [0.1, 0.15) is 5.82 Å². The molecule has 1 N–H and O–H groups in total. The molecule has 118 valence electrons. The lowest BCUT2D eigenvalue weighted by molar-refractivity contribution is 0.00211. The molecule has 4 heteroatoms. The van der Waals surface area contributed by atoms with Gasteiger partial charge in [0, 0.05) is 24.8 Å². The van der Waals surface area contributed by atoms with E-state index in [0.717, 1.165) is 19.4 Å². The molecular weight excluding hydrogens is 269 g/mol. The van der Waals surface area contributed by atoms with E-state index in [1.807, 2.05) is 6.07 Å². The fraction of sp³-hybridized carbons (Fsp3) is 0.647. The van der Waals surface area contributed by atoms with Gasteiger partial charge in [-0.25, -0.2) is 4.39 Å². The van der Waals surface area contributed by atoms with Gasteiger partial charge in [0.2, 0.25) is 0 Å². The fourth-order valence-corrected chi connectivity index (χ4v) is 2.15. The third-order valence-corrected chi connectivity index (χ3v) is 3.61. The second-order valence-corrected chi connectivity index (χ2v) is 5.53. The number of hydrogen-bond donors (Lipinski definition) is 1. The van der Waals surface area contributed by atoms with Gasteiger partial charge >= 0.3 is 0 Å². The molecule has 0 amide bonds. The van der Waals surface area contributed by atoms with Crippen molar-refractivity contribution in [3.8, 4) is 0 Å². The molecular formula is C17H26FNO2. The van der Waals surface area contributed by atoms with Gasteiger partial charge in [-0.1, -0.05) is 31.5 Å².